The number of fused-ring (bicyclic) bond motifs is 1. The molecule has 0 spiro atoms. The number of hydrogen-bond donors (Lipinski definition) is 0. The molecule has 0 amide bonds. The van der Waals surface area contributed by atoms with E-state index in [-0.39, 0.29) is 35.4 Å². The SMILES string of the molecule is O=C(CC1CCS(=O)(=O)C1)c1ccc2c(-c3cccc(C4CC4)c3)cn(-c3ccc(F)cc3)c2c1. The van der Waals surface area contributed by atoms with E-state index in [4.69, 9.17) is 0 Å². The summed E-state index contributed by atoms with van der Waals surface area (Å²) in [6.07, 6.45) is 5.30. The van der Waals surface area contributed by atoms with Crippen molar-refractivity contribution in [1.29, 1.82) is 0 Å². The van der Waals surface area contributed by atoms with Gasteiger partial charge in [-0.25, -0.2) is 12.8 Å². The van der Waals surface area contributed by atoms with Gasteiger partial charge in [0.25, 0.3) is 0 Å². The topological polar surface area (TPSA) is 56.1 Å². The van der Waals surface area contributed by atoms with E-state index in [9.17, 15) is 17.6 Å². The van der Waals surface area contributed by atoms with Crippen LogP contribution in [0.2, 0.25) is 0 Å². The number of carbonyl (C=O) groups is 1. The van der Waals surface area contributed by atoms with Crippen LogP contribution < -0.4 is 0 Å². The van der Waals surface area contributed by atoms with Gasteiger partial charge in [0.2, 0.25) is 0 Å². The zero-order valence-corrected chi connectivity index (χ0v) is 20.1. The third kappa shape index (κ3) is 4.43. The van der Waals surface area contributed by atoms with Crippen molar-refractivity contribution >= 4 is 26.5 Å². The van der Waals surface area contributed by atoms with Crippen molar-refractivity contribution in [3.8, 4) is 16.8 Å². The van der Waals surface area contributed by atoms with Gasteiger partial charge in [0.15, 0.2) is 15.6 Å². The van der Waals surface area contributed by atoms with Gasteiger partial charge in [-0.3, -0.25) is 4.79 Å². The van der Waals surface area contributed by atoms with Gasteiger partial charge in [-0.1, -0.05) is 36.4 Å². The Bertz CT molecular complexity index is 1550. The number of nitrogens with zero attached hydrogens (tertiary/aromatic N) is 1. The van der Waals surface area contributed by atoms with Gasteiger partial charge in [0, 0.05) is 34.8 Å². The largest absolute Gasteiger partial charge is 0.316 e. The lowest BCUT2D eigenvalue weighted by Gasteiger charge is -2.09. The van der Waals surface area contributed by atoms with Crippen molar-refractivity contribution < 1.29 is 17.6 Å². The van der Waals surface area contributed by atoms with E-state index in [2.05, 4.69) is 30.5 Å². The quantitative estimate of drug-likeness (QED) is 0.299. The summed E-state index contributed by atoms with van der Waals surface area (Å²) in [7, 11) is -3.02. The van der Waals surface area contributed by atoms with Gasteiger partial charge < -0.3 is 4.57 Å². The van der Waals surface area contributed by atoms with Crippen LogP contribution in [-0.2, 0) is 9.84 Å². The highest BCUT2D eigenvalue weighted by Crippen LogP contribution is 2.42. The van der Waals surface area contributed by atoms with E-state index < -0.39 is 9.84 Å². The molecule has 6 heteroatoms. The lowest BCUT2D eigenvalue weighted by Crippen LogP contribution is -2.10. The van der Waals surface area contributed by atoms with Gasteiger partial charge >= 0.3 is 0 Å². The lowest BCUT2D eigenvalue weighted by molar-refractivity contribution is 0.0966. The molecule has 2 fully saturated rings. The van der Waals surface area contributed by atoms with Crippen molar-refractivity contribution in [2.75, 3.05) is 11.5 Å². The average molecular weight is 488 g/mol. The minimum atomic E-state index is -3.02. The molecule has 1 atom stereocenters. The molecular weight excluding hydrogens is 461 g/mol. The summed E-state index contributed by atoms with van der Waals surface area (Å²) in [6.45, 7) is 0. The first-order valence-corrected chi connectivity index (χ1v) is 13.9. The molecule has 0 N–H and O–H groups in total. The summed E-state index contributed by atoms with van der Waals surface area (Å²) in [4.78, 5) is 13.1. The molecular formula is C29H26FNO3S. The minimum absolute atomic E-state index is 0.0434. The van der Waals surface area contributed by atoms with E-state index in [1.54, 1.807) is 12.1 Å². The van der Waals surface area contributed by atoms with Crippen LogP contribution in [0.5, 0.6) is 0 Å². The zero-order chi connectivity index (χ0) is 24.2. The first-order chi connectivity index (χ1) is 16.9. The van der Waals surface area contributed by atoms with Crippen molar-refractivity contribution in [2.45, 2.75) is 31.6 Å². The standard InChI is InChI=1S/C29H26FNO3S/c30-24-7-9-25(10-8-24)31-17-27(22-3-1-2-21(15-22)20-4-5-20)26-11-6-23(16-28(26)31)29(32)14-19-12-13-35(33,34)18-19/h1-3,6-11,15-17,19-20H,4-5,12-14,18H2. The van der Waals surface area contributed by atoms with Gasteiger partial charge in [-0.15, -0.1) is 0 Å². The second-order valence-electron chi connectivity index (χ2n) is 9.92. The van der Waals surface area contributed by atoms with E-state index in [1.165, 1.54) is 30.5 Å². The van der Waals surface area contributed by atoms with Crippen LogP contribution in [0.4, 0.5) is 4.39 Å². The second-order valence-corrected chi connectivity index (χ2v) is 12.1. The molecule has 2 heterocycles. The van der Waals surface area contributed by atoms with Crippen LogP contribution in [0.25, 0.3) is 27.7 Å². The Morgan fingerprint density at radius 2 is 1.77 bits per heavy atom. The Labute approximate surface area is 204 Å². The third-order valence-corrected chi connectivity index (χ3v) is 9.12. The molecule has 178 valence electrons. The molecule has 1 aliphatic heterocycles. The molecule has 1 unspecified atom stereocenters. The number of Topliss-reactive ketones (excluding diaryl/α,β-unsaturated/α-hetero) is 1. The number of hydrogen-bond acceptors (Lipinski definition) is 3. The second kappa shape index (κ2) is 8.45. The first kappa shape index (κ1) is 22.2. The number of rotatable bonds is 6. The summed E-state index contributed by atoms with van der Waals surface area (Å²) in [5.74, 6) is 0.440. The Morgan fingerprint density at radius 3 is 2.49 bits per heavy atom. The molecule has 4 aromatic rings. The Hall–Kier alpha value is -3.25. The fourth-order valence-electron chi connectivity index (χ4n) is 5.24. The number of benzene rings is 3. The molecule has 1 saturated carbocycles. The van der Waals surface area contributed by atoms with Crippen molar-refractivity contribution in [1.82, 2.24) is 4.57 Å². The predicted octanol–water partition coefficient (Wildman–Crippen LogP) is 6.32. The van der Waals surface area contributed by atoms with Crippen molar-refractivity contribution in [2.24, 2.45) is 5.92 Å². The summed E-state index contributed by atoms with van der Waals surface area (Å²) < 4.78 is 39.3. The summed E-state index contributed by atoms with van der Waals surface area (Å²) in [5, 5.41) is 1.02. The maximum absolute atomic E-state index is 13.6. The Kier molecular flexibility index (Phi) is 5.37. The number of sulfone groups is 1. The molecule has 2 aliphatic rings. The fourth-order valence-corrected chi connectivity index (χ4v) is 7.10. The molecule has 1 aliphatic carbocycles. The molecule has 35 heavy (non-hydrogen) atoms. The number of aromatic nitrogens is 1. The normalized spacial score (nSPS) is 19.3. The van der Waals surface area contributed by atoms with E-state index in [0.717, 1.165) is 27.7 Å². The van der Waals surface area contributed by atoms with E-state index in [1.807, 2.05) is 22.8 Å². The van der Waals surface area contributed by atoms with E-state index in [0.29, 0.717) is 17.9 Å². The van der Waals surface area contributed by atoms with Crippen LogP contribution in [-0.4, -0.2) is 30.3 Å². The van der Waals surface area contributed by atoms with Gasteiger partial charge in [0.1, 0.15) is 5.82 Å². The molecule has 6 rings (SSSR count). The summed E-state index contributed by atoms with van der Waals surface area (Å²) in [6, 6.07) is 20.7. The Morgan fingerprint density at radius 1 is 0.971 bits per heavy atom. The molecule has 0 bridgehead atoms. The Balaban J connectivity index is 1.43. The highest BCUT2D eigenvalue weighted by atomic mass is 32.2. The maximum Gasteiger partial charge on any atom is 0.163 e. The molecule has 1 saturated heterocycles. The summed E-state index contributed by atoms with van der Waals surface area (Å²) in [5.41, 5.74) is 5.79. The molecule has 1 aromatic heterocycles. The summed E-state index contributed by atoms with van der Waals surface area (Å²) >= 11 is 0. The number of carbonyl (C=O) groups excluding carboxylic acids is 1. The zero-order valence-electron chi connectivity index (χ0n) is 19.3. The van der Waals surface area contributed by atoms with Crippen LogP contribution in [0.15, 0.2) is 72.9 Å². The highest BCUT2D eigenvalue weighted by molar-refractivity contribution is 7.91. The maximum atomic E-state index is 13.6. The fraction of sp³-hybridized carbons (Fsp3) is 0.276. The average Bonchev–Trinajstić information content (AvgIpc) is 3.55. The van der Waals surface area contributed by atoms with Gasteiger partial charge in [0.05, 0.1) is 17.0 Å². The smallest absolute Gasteiger partial charge is 0.163 e. The van der Waals surface area contributed by atoms with Crippen molar-refractivity contribution in [3.05, 3.63) is 89.9 Å². The van der Waals surface area contributed by atoms with Crippen LogP contribution in [0.1, 0.15) is 47.5 Å². The monoisotopic (exact) mass is 487 g/mol. The molecule has 4 nitrogen and oxygen atoms in total. The van der Waals surface area contributed by atoms with E-state index >= 15 is 0 Å². The highest BCUT2D eigenvalue weighted by Gasteiger charge is 2.30. The van der Waals surface area contributed by atoms with Crippen LogP contribution in [0, 0.1) is 11.7 Å². The van der Waals surface area contributed by atoms with Gasteiger partial charge in [-0.2, -0.15) is 0 Å². The van der Waals surface area contributed by atoms with Crippen molar-refractivity contribution in [3.63, 3.8) is 0 Å². The number of ketones is 1. The lowest BCUT2D eigenvalue weighted by atomic mass is 9.96. The molecule has 0 radical (unpaired) electrons. The van der Waals surface area contributed by atoms with Crippen LogP contribution in [0.3, 0.4) is 0 Å². The minimum Gasteiger partial charge on any atom is -0.316 e. The van der Waals surface area contributed by atoms with Crippen LogP contribution >= 0.6 is 0 Å². The predicted molar refractivity (Wildman–Crippen MR) is 136 cm³/mol. The van der Waals surface area contributed by atoms with Gasteiger partial charge in [-0.05, 0) is 72.6 Å². The molecule has 3 aromatic carbocycles. The third-order valence-electron chi connectivity index (χ3n) is 7.28. The first-order valence-electron chi connectivity index (χ1n) is 12.1. The number of halogens is 1.